The minimum Gasteiger partial charge on any atom is -0.330 e. The van der Waals surface area contributed by atoms with Crippen molar-refractivity contribution in [3.05, 3.63) is 54.1 Å². The molecular weight excluding hydrogens is 186 g/mol. The van der Waals surface area contributed by atoms with Gasteiger partial charge in [0.2, 0.25) is 5.95 Å². The van der Waals surface area contributed by atoms with E-state index in [4.69, 9.17) is 0 Å². The van der Waals surface area contributed by atoms with Gasteiger partial charge in [-0.3, -0.25) is 0 Å². The molecule has 2 aromatic rings. The van der Waals surface area contributed by atoms with E-state index in [1.165, 1.54) is 23.2 Å². The summed E-state index contributed by atoms with van der Waals surface area (Å²) < 4.78 is 27.2. The van der Waals surface area contributed by atoms with E-state index in [0.717, 1.165) is 0 Å². The lowest BCUT2D eigenvalue weighted by Crippen LogP contribution is -1.98. The Kier molecular flexibility index (Phi) is 2.26. The molecule has 0 saturated heterocycles. The number of benzene rings is 1. The maximum atomic E-state index is 13.2. The molecule has 0 saturated carbocycles. The van der Waals surface area contributed by atoms with Gasteiger partial charge in [-0.2, -0.15) is 4.39 Å². The summed E-state index contributed by atoms with van der Waals surface area (Å²) in [6.07, 6.45) is 2.56. The Morgan fingerprint density at radius 3 is 2.64 bits per heavy atom. The molecule has 1 heterocycles. The highest BCUT2D eigenvalue weighted by Crippen LogP contribution is 2.08. The fourth-order valence-corrected chi connectivity index (χ4v) is 1.24. The topological polar surface area (TPSA) is 17.8 Å². The van der Waals surface area contributed by atoms with Crippen molar-refractivity contribution in [2.75, 3.05) is 0 Å². The summed E-state index contributed by atoms with van der Waals surface area (Å²) in [6.45, 7) is 0.295. The van der Waals surface area contributed by atoms with Crippen LogP contribution >= 0.6 is 0 Å². The molecule has 0 radical (unpaired) electrons. The standard InChI is InChI=1S/C10H8F2N2/c11-9-4-2-1-3-8(9)5-14-6-10(12)13-7-14/h1-4,6-7H,5H2. The van der Waals surface area contributed by atoms with Gasteiger partial charge in [0.05, 0.1) is 19.1 Å². The number of imidazole rings is 1. The molecule has 0 aliphatic heterocycles. The van der Waals surface area contributed by atoms with Gasteiger partial charge in [-0.15, -0.1) is 0 Å². The number of hydrogen-bond donors (Lipinski definition) is 0. The van der Waals surface area contributed by atoms with E-state index in [1.807, 2.05) is 0 Å². The molecule has 0 spiro atoms. The van der Waals surface area contributed by atoms with Gasteiger partial charge in [-0.1, -0.05) is 18.2 Å². The summed E-state index contributed by atoms with van der Waals surface area (Å²) in [7, 11) is 0. The third kappa shape index (κ3) is 1.79. The normalized spacial score (nSPS) is 10.4. The first kappa shape index (κ1) is 8.87. The zero-order valence-electron chi connectivity index (χ0n) is 7.32. The lowest BCUT2D eigenvalue weighted by Gasteiger charge is -2.02. The van der Waals surface area contributed by atoms with Crippen LogP contribution in [0, 0.1) is 11.8 Å². The van der Waals surface area contributed by atoms with Crippen molar-refractivity contribution in [2.45, 2.75) is 6.54 Å². The first-order valence-electron chi connectivity index (χ1n) is 4.16. The van der Waals surface area contributed by atoms with Gasteiger partial charge in [0, 0.05) is 5.56 Å². The van der Waals surface area contributed by atoms with Crippen molar-refractivity contribution < 1.29 is 8.78 Å². The molecule has 0 unspecified atom stereocenters. The van der Waals surface area contributed by atoms with Crippen molar-refractivity contribution in [1.29, 1.82) is 0 Å². The van der Waals surface area contributed by atoms with Gasteiger partial charge < -0.3 is 4.57 Å². The highest BCUT2D eigenvalue weighted by molar-refractivity contribution is 5.17. The van der Waals surface area contributed by atoms with Crippen molar-refractivity contribution in [3.63, 3.8) is 0 Å². The van der Waals surface area contributed by atoms with Crippen molar-refractivity contribution in [2.24, 2.45) is 0 Å². The van der Waals surface area contributed by atoms with E-state index in [1.54, 1.807) is 18.2 Å². The second-order valence-electron chi connectivity index (χ2n) is 2.96. The first-order chi connectivity index (χ1) is 6.75. The third-order valence-electron chi connectivity index (χ3n) is 1.91. The van der Waals surface area contributed by atoms with Crippen molar-refractivity contribution in [1.82, 2.24) is 9.55 Å². The molecule has 2 nitrogen and oxygen atoms in total. The highest BCUT2D eigenvalue weighted by atomic mass is 19.1. The Balaban J connectivity index is 2.23. The second kappa shape index (κ2) is 3.57. The molecule has 0 fully saturated rings. The predicted octanol–water partition coefficient (Wildman–Crippen LogP) is 2.21. The molecule has 72 valence electrons. The fraction of sp³-hybridized carbons (Fsp3) is 0.100. The summed E-state index contributed by atoms with van der Waals surface area (Å²) in [6, 6.07) is 6.40. The molecule has 4 heteroatoms. The van der Waals surface area contributed by atoms with Crippen LogP contribution in [0.5, 0.6) is 0 Å². The molecular formula is C10H8F2N2. The van der Waals surface area contributed by atoms with E-state index in [-0.39, 0.29) is 5.82 Å². The lowest BCUT2D eigenvalue weighted by atomic mass is 10.2. The molecule has 0 aliphatic rings. The van der Waals surface area contributed by atoms with Gasteiger partial charge in [-0.25, -0.2) is 9.37 Å². The molecule has 0 atom stereocenters. The summed E-state index contributed by atoms with van der Waals surface area (Å²) in [5.74, 6) is -0.844. The number of halogens is 2. The number of hydrogen-bond acceptors (Lipinski definition) is 1. The van der Waals surface area contributed by atoms with Crippen LogP contribution in [-0.4, -0.2) is 9.55 Å². The number of nitrogens with zero attached hydrogens (tertiary/aromatic N) is 2. The average Bonchev–Trinajstić information content (AvgIpc) is 2.56. The maximum Gasteiger partial charge on any atom is 0.230 e. The highest BCUT2D eigenvalue weighted by Gasteiger charge is 2.02. The van der Waals surface area contributed by atoms with Crippen LogP contribution in [0.25, 0.3) is 0 Å². The Morgan fingerprint density at radius 1 is 1.21 bits per heavy atom. The molecule has 0 aliphatic carbocycles. The monoisotopic (exact) mass is 194 g/mol. The van der Waals surface area contributed by atoms with E-state index < -0.39 is 5.95 Å². The molecule has 0 amide bonds. The van der Waals surface area contributed by atoms with Crippen molar-refractivity contribution in [3.8, 4) is 0 Å². The molecule has 1 aromatic heterocycles. The summed E-state index contributed by atoms with van der Waals surface area (Å²) in [4.78, 5) is 3.42. The van der Waals surface area contributed by atoms with Gasteiger partial charge in [-0.05, 0) is 6.07 Å². The summed E-state index contributed by atoms with van der Waals surface area (Å²) >= 11 is 0. The Bertz CT molecular complexity index is 437. The van der Waals surface area contributed by atoms with Crippen LogP contribution in [0.2, 0.25) is 0 Å². The average molecular weight is 194 g/mol. The van der Waals surface area contributed by atoms with Gasteiger partial charge in [0.15, 0.2) is 0 Å². The predicted molar refractivity (Wildman–Crippen MR) is 47.7 cm³/mol. The molecule has 14 heavy (non-hydrogen) atoms. The Hall–Kier alpha value is -1.71. The van der Waals surface area contributed by atoms with E-state index >= 15 is 0 Å². The van der Waals surface area contributed by atoms with Crippen LogP contribution in [0.3, 0.4) is 0 Å². The number of rotatable bonds is 2. The van der Waals surface area contributed by atoms with Gasteiger partial charge in [0.25, 0.3) is 0 Å². The third-order valence-corrected chi connectivity index (χ3v) is 1.91. The van der Waals surface area contributed by atoms with Crippen LogP contribution in [0.15, 0.2) is 36.8 Å². The maximum absolute atomic E-state index is 13.2. The zero-order chi connectivity index (χ0) is 9.97. The number of aromatic nitrogens is 2. The minimum atomic E-state index is -0.554. The van der Waals surface area contributed by atoms with E-state index in [9.17, 15) is 8.78 Å². The zero-order valence-corrected chi connectivity index (χ0v) is 7.32. The molecule has 0 bridgehead atoms. The van der Waals surface area contributed by atoms with E-state index in [0.29, 0.717) is 12.1 Å². The van der Waals surface area contributed by atoms with Crippen molar-refractivity contribution >= 4 is 0 Å². The Morgan fingerprint density at radius 2 is 2.00 bits per heavy atom. The van der Waals surface area contributed by atoms with Crippen LogP contribution in [0.4, 0.5) is 8.78 Å². The molecule has 0 N–H and O–H groups in total. The summed E-state index contributed by atoms with van der Waals surface area (Å²) in [5.41, 5.74) is 0.518. The van der Waals surface area contributed by atoms with Crippen LogP contribution in [-0.2, 0) is 6.54 Å². The Labute approximate surface area is 79.8 Å². The lowest BCUT2D eigenvalue weighted by molar-refractivity contribution is 0.583. The van der Waals surface area contributed by atoms with Crippen LogP contribution < -0.4 is 0 Å². The van der Waals surface area contributed by atoms with Crippen LogP contribution in [0.1, 0.15) is 5.56 Å². The quantitative estimate of drug-likeness (QED) is 0.716. The first-order valence-corrected chi connectivity index (χ1v) is 4.16. The SMILES string of the molecule is Fc1cn(Cc2ccccc2F)cn1. The fourth-order valence-electron chi connectivity index (χ4n) is 1.24. The molecule has 1 aromatic carbocycles. The summed E-state index contributed by atoms with van der Waals surface area (Å²) in [5, 5.41) is 0. The minimum absolute atomic E-state index is 0.290. The van der Waals surface area contributed by atoms with Gasteiger partial charge in [0.1, 0.15) is 5.82 Å². The largest absolute Gasteiger partial charge is 0.330 e. The smallest absolute Gasteiger partial charge is 0.230 e. The second-order valence-corrected chi connectivity index (χ2v) is 2.96. The van der Waals surface area contributed by atoms with Gasteiger partial charge >= 0.3 is 0 Å². The molecule has 2 rings (SSSR count). The van der Waals surface area contributed by atoms with E-state index in [2.05, 4.69) is 4.98 Å².